The first-order chi connectivity index (χ1) is 16.5. The van der Waals surface area contributed by atoms with E-state index in [9.17, 15) is 8.78 Å². The second kappa shape index (κ2) is 9.21. The number of hydrogen-bond acceptors (Lipinski definition) is 2. The van der Waals surface area contributed by atoms with Gasteiger partial charge in [-0.2, -0.15) is 0 Å². The molecular weight excluding hydrogens is 428 g/mol. The van der Waals surface area contributed by atoms with Gasteiger partial charge in [0.25, 0.3) is 0 Å². The van der Waals surface area contributed by atoms with Crippen molar-refractivity contribution in [3.63, 3.8) is 0 Å². The van der Waals surface area contributed by atoms with Crippen molar-refractivity contribution in [1.82, 2.24) is 4.57 Å². The Hall–Kier alpha value is -3.21. The molecule has 1 N–H and O–H groups in total. The standard InChI is InChI=1S/C29H31F2N3/c1-18-21(20-14-15-24(30)25(31)16-20)11-7-12-22(18)29-28(32-2)27(17-34(29)3)33-26-13-6-9-19-8-4-5-10-23(19)26/h5,10,12,14-17,26,33H,2,4,6-9,11,13H2,1,3H3. The van der Waals surface area contributed by atoms with Crippen molar-refractivity contribution in [2.45, 2.75) is 57.9 Å². The third-order valence-corrected chi connectivity index (χ3v) is 7.43. The Kier molecular flexibility index (Phi) is 6.11. The van der Waals surface area contributed by atoms with Gasteiger partial charge in [0.15, 0.2) is 11.6 Å². The average molecular weight is 460 g/mol. The summed E-state index contributed by atoms with van der Waals surface area (Å²) in [5, 5.41) is 3.77. The zero-order valence-electron chi connectivity index (χ0n) is 19.9. The summed E-state index contributed by atoms with van der Waals surface area (Å²) in [6.07, 6.45) is 16.3. The lowest BCUT2D eigenvalue weighted by Gasteiger charge is -2.30. The minimum absolute atomic E-state index is 0.283. The van der Waals surface area contributed by atoms with Gasteiger partial charge in [0, 0.05) is 13.2 Å². The van der Waals surface area contributed by atoms with Gasteiger partial charge in [-0.15, -0.1) is 0 Å². The number of nitrogens with zero attached hydrogens (tertiary/aromatic N) is 2. The quantitative estimate of drug-likeness (QED) is 0.453. The Labute approximate surface area is 200 Å². The second-order valence-electron chi connectivity index (χ2n) is 9.49. The van der Waals surface area contributed by atoms with Gasteiger partial charge in [-0.05, 0) is 98.6 Å². The molecule has 2 aromatic rings. The zero-order chi connectivity index (χ0) is 23.8. The largest absolute Gasteiger partial charge is 0.375 e. The SMILES string of the molecule is C=Nc1c(NC2CCCC3=C2C=CCC3)cn(C)c1C1=CCCC(c2ccc(F)c(F)c2)=C1C. The van der Waals surface area contributed by atoms with E-state index >= 15 is 0 Å². The van der Waals surface area contributed by atoms with Crippen LogP contribution in [0.2, 0.25) is 0 Å². The topological polar surface area (TPSA) is 29.3 Å². The van der Waals surface area contributed by atoms with Crippen LogP contribution in [-0.4, -0.2) is 17.3 Å². The molecule has 3 aliphatic carbocycles. The second-order valence-corrected chi connectivity index (χ2v) is 9.49. The molecule has 0 aliphatic heterocycles. The summed E-state index contributed by atoms with van der Waals surface area (Å²) < 4.78 is 29.6. The number of benzene rings is 1. The van der Waals surface area contributed by atoms with E-state index in [4.69, 9.17) is 0 Å². The summed E-state index contributed by atoms with van der Waals surface area (Å²) in [5.41, 5.74) is 9.75. The summed E-state index contributed by atoms with van der Waals surface area (Å²) in [6.45, 7) is 5.95. The lowest BCUT2D eigenvalue weighted by atomic mass is 9.82. The Morgan fingerprint density at radius 2 is 1.97 bits per heavy atom. The summed E-state index contributed by atoms with van der Waals surface area (Å²) >= 11 is 0. The molecule has 5 heteroatoms. The third-order valence-electron chi connectivity index (χ3n) is 7.43. The van der Waals surface area contributed by atoms with Gasteiger partial charge in [0.1, 0.15) is 5.69 Å². The smallest absolute Gasteiger partial charge is 0.159 e. The summed E-state index contributed by atoms with van der Waals surface area (Å²) in [7, 11) is 2.03. The summed E-state index contributed by atoms with van der Waals surface area (Å²) in [4.78, 5) is 4.45. The van der Waals surface area contributed by atoms with Gasteiger partial charge in [-0.1, -0.05) is 29.9 Å². The van der Waals surface area contributed by atoms with Crippen LogP contribution in [0.4, 0.5) is 20.2 Å². The van der Waals surface area contributed by atoms with Crippen molar-refractivity contribution < 1.29 is 8.78 Å². The highest BCUT2D eigenvalue weighted by atomic mass is 19.2. The Balaban J connectivity index is 1.52. The molecule has 1 aromatic heterocycles. The number of halogens is 2. The molecule has 0 saturated heterocycles. The molecule has 0 saturated carbocycles. The number of hydrogen-bond donors (Lipinski definition) is 1. The van der Waals surface area contributed by atoms with Crippen LogP contribution in [0.3, 0.4) is 0 Å². The first-order valence-electron chi connectivity index (χ1n) is 12.1. The van der Waals surface area contributed by atoms with Crippen molar-refractivity contribution in [2.24, 2.45) is 12.0 Å². The predicted octanol–water partition coefficient (Wildman–Crippen LogP) is 7.90. The van der Waals surface area contributed by atoms with Crippen molar-refractivity contribution >= 4 is 29.2 Å². The number of nitrogens with one attached hydrogen (secondary N) is 1. The molecule has 0 radical (unpaired) electrons. The molecule has 1 aromatic carbocycles. The van der Waals surface area contributed by atoms with E-state index in [0.29, 0.717) is 0 Å². The first kappa shape index (κ1) is 22.6. The molecule has 34 heavy (non-hydrogen) atoms. The lowest BCUT2D eigenvalue weighted by molar-refractivity contribution is 0.508. The Morgan fingerprint density at radius 3 is 2.76 bits per heavy atom. The van der Waals surface area contributed by atoms with E-state index in [2.05, 4.69) is 52.9 Å². The number of aliphatic imine (C=N–C) groups is 1. The molecule has 5 rings (SSSR count). The zero-order valence-corrected chi connectivity index (χ0v) is 19.9. The van der Waals surface area contributed by atoms with E-state index in [1.165, 1.54) is 37.0 Å². The highest BCUT2D eigenvalue weighted by Gasteiger charge is 2.27. The molecule has 176 valence electrons. The van der Waals surface area contributed by atoms with E-state index < -0.39 is 11.6 Å². The molecule has 0 fully saturated rings. The highest BCUT2D eigenvalue weighted by Crippen LogP contribution is 2.44. The maximum atomic E-state index is 14.0. The Morgan fingerprint density at radius 1 is 1.12 bits per heavy atom. The van der Waals surface area contributed by atoms with Crippen LogP contribution < -0.4 is 5.32 Å². The third kappa shape index (κ3) is 3.97. The molecule has 3 aliphatic rings. The van der Waals surface area contributed by atoms with E-state index in [-0.39, 0.29) is 6.04 Å². The first-order valence-corrected chi connectivity index (χ1v) is 12.1. The molecule has 3 nitrogen and oxygen atoms in total. The lowest BCUT2D eigenvalue weighted by Crippen LogP contribution is -2.26. The van der Waals surface area contributed by atoms with Crippen LogP contribution in [0, 0.1) is 11.6 Å². The fourth-order valence-electron chi connectivity index (χ4n) is 5.75. The van der Waals surface area contributed by atoms with Gasteiger partial charge in [0.05, 0.1) is 17.4 Å². The monoisotopic (exact) mass is 459 g/mol. The van der Waals surface area contributed by atoms with Crippen molar-refractivity contribution in [3.05, 3.63) is 82.2 Å². The van der Waals surface area contributed by atoms with Crippen molar-refractivity contribution in [1.29, 1.82) is 0 Å². The summed E-state index contributed by atoms with van der Waals surface area (Å²) in [6, 6.07) is 4.45. The number of rotatable bonds is 5. The van der Waals surface area contributed by atoms with Crippen LogP contribution in [0.25, 0.3) is 11.1 Å². The molecular formula is C29H31F2N3. The fourth-order valence-corrected chi connectivity index (χ4v) is 5.75. The minimum atomic E-state index is -0.821. The number of aromatic nitrogens is 1. The number of allylic oxidation sites excluding steroid dienone is 6. The van der Waals surface area contributed by atoms with E-state index in [1.54, 1.807) is 11.6 Å². The molecule has 1 unspecified atom stereocenters. The maximum absolute atomic E-state index is 14.0. The van der Waals surface area contributed by atoms with Gasteiger partial charge in [-0.25, -0.2) is 8.78 Å². The molecule has 0 bridgehead atoms. The molecule has 1 atom stereocenters. The highest BCUT2D eigenvalue weighted by molar-refractivity contribution is 5.95. The molecule has 0 amide bonds. The van der Waals surface area contributed by atoms with Crippen LogP contribution in [0.1, 0.15) is 63.1 Å². The van der Waals surface area contributed by atoms with Crippen LogP contribution in [0.5, 0.6) is 0 Å². The minimum Gasteiger partial charge on any atom is -0.375 e. The molecule has 1 heterocycles. The maximum Gasteiger partial charge on any atom is 0.159 e. The van der Waals surface area contributed by atoms with E-state index in [0.717, 1.165) is 65.0 Å². The van der Waals surface area contributed by atoms with Gasteiger partial charge >= 0.3 is 0 Å². The van der Waals surface area contributed by atoms with Crippen molar-refractivity contribution in [2.75, 3.05) is 5.32 Å². The van der Waals surface area contributed by atoms with Crippen LogP contribution >= 0.6 is 0 Å². The van der Waals surface area contributed by atoms with Crippen LogP contribution in [-0.2, 0) is 7.05 Å². The number of aryl methyl sites for hydroxylation is 1. The molecule has 0 spiro atoms. The number of anilines is 1. The predicted molar refractivity (Wildman–Crippen MR) is 137 cm³/mol. The van der Waals surface area contributed by atoms with Gasteiger partial charge in [-0.3, -0.25) is 4.99 Å². The van der Waals surface area contributed by atoms with Crippen molar-refractivity contribution in [3.8, 4) is 0 Å². The summed E-state index contributed by atoms with van der Waals surface area (Å²) in [5.74, 6) is -1.63. The Bertz CT molecular complexity index is 1270. The van der Waals surface area contributed by atoms with Gasteiger partial charge < -0.3 is 9.88 Å². The fraction of sp³-hybridized carbons (Fsp3) is 0.345. The normalized spacial score (nSPS) is 20.4. The van der Waals surface area contributed by atoms with E-state index in [1.807, 2.05) is 7.05 Å². The van der Waals surface area contributed by atoms with Crippen LogP contribution in [0.15, 0.2) is 64.3 Å². The average Bonchev–Trinajstić information content (AvgIpc) is 3.15. The van der Waals surface area contributed by atoms with Gasteiger partial charge in [0.2, 0.25) is 0 Å².